The zero-order chi connectivity index (χ0) is 9.14. The molecular weight excluding hydrogens is 178 g/mol. The third-order valence-electron chi connectivity index (χ3n) is 1.21. The Labute approximate surface area is 72.4 Å². The van der Waals surface area contributed by atoms with Crippen molar-refractivity contribution < 1.29 is 4.92 Å². The van der Waals surface area contributed by atoms with Gasteiger partial charge in [0.2, 0.25) is 0 Å². The lowest BCUT2D eigenvalue weighted by atomic mass is 10.3. The molecule has 1 N–H and O–H groups in total. The van der Waals surface area contributed by atoms with Crippen LogP contribution in [0.5, 0.6) is 0 Å². The second kappa shape index (κ2) is 3.11. The summed E-state index contributed by atoms with van der Waals surface area (Å²) in [7, 11) is 0. The maximum Gasteiger partial charge on any atom is 0.303 e. The number of pyridine rings is 1. The summed E-state index contributed by atoms with van der Waals surface area (Å²) in [6.07, 6.45) is 1.11. The van der Waals surface area contributed by atoms with Crippen LogP contribution in [0.25, 0.3) is 0 Å². The van der Waals surface area contributed by atoms with Gasteiger partial charge in [-0.2, -0.15) is 5.26 Å². The van der Waals surface area contributed by atoms with Crippen LogP contribution in [0, 0.1) is 26.0 Å². The molecule has 5 nitrogen and oxygen atoms in total. The maximum absolute atomic E-state index is 10.3. The van der Waals surface area contributed by atoms with Gasteiger partial charge in [0.05, 0.1) is 11.1 Å². The molecule has 1 aromatic heterocycles. The number of nitrogens with one attached hydrogen (secondary N) is 1. The molecule has 0 aliphatic rings. The first kappa shape index (κ1) is 8.36. The summed E-state index contributed by atoms with van der Waals surface area (Å²) < 4.78 is 0.0651. The van der Waals surface area contributed by atoms with Crippen LogP contribution in [0.3, 0.4) is 0 Å². The number of nitrogens with zero attached hydrogens (tertiary/aromatic N) is 2. The average Bonchev–Trinajstić information content (AvgIpc) is 2.03. The van der Waals surface area contributed by atoms with Crippen molar-refractivity contribution in [2.45, 2.75) is 0 Å². The van der Waals surface area contributed by atoms with Gasteiger partial charge in [-0.15, -0.1) is 0 Å². The molecular formula is C6H3N3O2S. The lowest BCUT2D eigenvalue weighted by molar-refractivity contribution is -0.385. The van der Waals surface area contributed by atoms with Crippen molar-refractivity contribution in [2.75, 3.05) is 0 Å². The van der Waals surface area contributed by atoms with E-state index in [0.717, 1.165) is 6.20 Å². The monoisotopic (exact) mass is 181 g/mol. The average molecular weight is 181 g/mol. The molecule has 0 fully saturated rings. The predicted molar refractivity (Wildman–Crippen MR) is 43.0 cm³/mol. The maximum atomic E-state index is 10.3. The van der Waals surface area contributed by atoms with Gasteiger partial charge in [-0.25, -0.2) is 0 Å². The van der Waals surface area contributed by atoms with Gasteiger partial charge in [0.25, 0.3) is 0 Å². The first-order valence-electron chi connectivity index (χ1n) is 2.92. The highest BCUT2D eigenvalue weighted by atomic mass is 32.1. The highest BCUT2D eigenvalue weighted by Crippen LogP contribution is 2.11. The Morgan fingerprint density at radius 1 is 1.75 bits per heavy atom. The number of nitro groups is 1. The largest absolute Gasteiger partial charge is 0.347 e. The van der Waals surface area contributed by atoms with Gasteiger partial charge in [0.1, 0.15) is 16.3 Å². The van der Waals surface area contributed by atoms with Crippen molar-refractivity contribution in [3.8, 4) is 6.07 Å². The van der Waals surface area contributed by atoms with E-state index in [1.54, 1.807) is 6.07 Å². The molecule has 12 heavy (non-hydrogen) atoms. The van der Waals surface area contributed by atoms with Gasteiger partial charge in [0.15, 0.2) is 0 Å². The molecule has 0 spiro atoms. The van der Waals surface area contributed by atoms with Gasteiger partial charge in [-0.05, 0) is 6.07 Å². The van der Waals surface area contributed by atoms with Crippen LogP contribution >= 0.6 is 12.2 Å². The Hall–Kier alpha value is -1.74. The summed E-state index contributed by atoms with van der Waals surface area (Å²) in [4.78, 5) is 12.1. The molecule has 0 aliphatic carbocycles. The fourth-order valence-electron chi connectivity index (χ4n) is 0.671. The molecule has 0 bridgehead atoms. The Kier molecular flexibility index (Phi) is 2.16. The highest BCUT2D eigenvalue weighted by molar-refractivity contribution is 7.71. The van der Waals surface area contributed by atoms with Crippen molar-refractivity contribution in [2.24, 2.45) is 0 Å². The number of H-pyrrole nitrogens is 1. The molecule has 1 rings (SSSR count). The molecule has 0 saturated heterocycles. The number of hydrogen-bond donors (Lipinski definition) is 1. The Morgan fingerprint density at radius 2 is 2.42 bits per heavy atom. The lowest BCUT2D eigenvalue weighted by Gasteiger charge is -1.91. The van der Waals surface area contributed by atoms with Crippen LogP contribution in [-0.2, 0) is 0 Å². The first-order valence-corrected chi connectivity index (χ1v) is 3.33. The number of aromatic amines is 1. The van der Waals surface area contributed by atoms with Crippen molar-refractivity contribution >= 4 is 17.9 Å². The van der Waals surface area contributed by atoms with E-state index in [1.807, 2.05) is 0 Å². The van der Waals surface area contributed by atoms with E-state index in [4.69, 9.17) is 5.26 Å². The molecule has 0 amide bonds. The van der Waals surface area contributed by atoms with Crippen molar-refractivity contribution in [1.82, 2.24) is 4.98 Å². The second-order valence-corrected chi connectivity index (χ2v) is 2.40. The third kappa shape index (κ3) is 1.46. The van der Waals surface area contributed by atoms with Crippen LogP contribution in [0.2, 0.25) is 0 Å². The molecule has 60 valence electrons. The molecule has 0 aliphatic heterocycles. The van der Waals surface area contributed by atoms with Crippen LogP contribution in [0.4, 0.5) is 5.69 Å². The molecule has 0 radical (unpaired) electrons. The molecule has 6 heteroatoms. The fraction of sp³-hybridized carbons (Fsp3) is 0. The van der Waals surface area contributed by atoms with Crippen LogP contribution in [-0.4, -0.2) is 9.91 Å². The first-order chi connectivity index (χ1) is 5.65. The predicted octanol–water partition coefficient (Wildman–Crippen LogP) is 1.52. The lowest BCUT2D eigenvalue weighted by Crippen LogP contribution is -1.91. The number of hydrogen-bond acceptors (Lipinski definition) is 4. The van der Waals surface area contributed by atoms with Gasteiger partial charge < -0.3 is 4.98 Å². The Morgan fingerprint density at radius 3 is 2.83 bits per heavy atom. The Balaban J connectivity index is 3.33. The molecule has 1 aromatic rings. The number of aromatic nitrogens is 1. The summed E-state index contributed by atoms with van der Waals surface area (Å²) in [5.74, 6) is 0. The van der Waals surface area contributed by atoms with E-state index >= 15 is 0 Å². The van der Waals surface area contributed by atoms with E-state index in [9.17, 15) is 10.1 Å². The van der Waals surface area contributed by atoms with Gasteiger partial charge in [-0.1, -0.05) is 12.2 Å². The minimum Gasteiger partial charge on any atom is -0.347 e. The van der Waals surface area contributed by atoms with E-state index in [2.05, 4.69) is 17.2 Å². The molecule has 0 atom stereocenters. The summed E-state index contributed by atoms with van der Waals surface area (Å²) in [6.45, 7) is 0. The molecule has 0 aromatic carbocycles. The topological polar surface area (TPSA) is 82.7 Å². The zero-order valence-corrected chi connectivity index (χ0v) is 6.59. The van der Waals surface area contributed by atoms with Gasteiger partial charge >= 0.3 is 5.69 Å². The summed E-state index contributed by atoms with van der Waals surface area (Å²) in [5.41, 5.74) is 0.0228. The SMILES string of the molecule is N#Cc1cc(=S)c([N+](=O)[O-])c[nH]1. The van der Waals surface area contributed by atoms with Crippen LogP contribution in [0.15, 0.2) is 12.3 Å². The van der Waals surface area contributed by atoms with Crippen molar-refractivity contribution in [3.63, 3.8) is 0 Å². The third-order valence-corrected chi connectivity index (χ3v) is 1.54. The zero-order valence-electron chi connectivity index (χ0n) is 5.77. The number of nitriles is 1. The molecule has 1 heterocycles. The minimum atomic E-state index is -0.597. The van der Waals surface area contributed by atoms with Gasteiger partial charge in [0, 0.05) is 0 Å². The van der Waals surface area contributed by atoms with Gasteiger partial charge in [-0.3, -0.25) is 10.1 Å². The fourth-order valence-corrected chi connectivity index (χ4v) is 0.922. The Bertz CT molecular complexity index is 418. The molecule has 0 unspecified atom stereocenters. The molecule has 0 saturated carbocycles. The van der Waals surface area contributed by atoms with E-state index in [1.165, 1.54) is 6.07 Å². The standard InChI is InChI=1S/C6H3N3O2S/c7-2-4-1-6(12)5(3-8-4)9(10)11/h1,3H,(H,8,12). The van der Waals surface area contributed by atoms with Crippen LogP contribution < -0.4 is 0 Å². The van der Waals surface area contributed by atoms with E-state index in [0.29, 0.717) is 0 Å². The number of rotatable bonds is 1. The minimum absolute atomic E-state index is 0.0651. The smallest absolute Gasteiger partial charge is 0.303 e. The normalized spacial score (nSPS) is 8.92. The summed E-state index contributed by atoms with van der Waals surface area (Å²) in [6, 6.07) is 3.05. The highest BCUT2D eigenvalue weighted by Gasteiger charge is 2.07. The van der Waals surface area contributed by atoms with Crippen molar-refractivity contribution in [1.29, 1.82) is 5.26 Å². The second-order valence-electron chi connectivity index (χ2n) is 1.97. The summed E-state index contributed by atoms with van der Waals surface area (Å²) in [5, 5.41) is 18.7. The van der Waals surface area contributed by atoms with E-state index < -0.39 is 4.92 Å². The van der Waals surface area contributed by atoms with Crippen molar-refractivity contribution in [3.05, 3.63) is 32.6 Å². The quantitative estimate of drug-likeness (QED) is 0.404. The summed E-state index contributed by atoms with van der Waals surface area (Å²) >= 11 is 4.67. The van der Waals surface area contributed by atoms with Crippen LogP contribution in [0.1, 0.15) is 5.69 Å². The van der Waals surface area contributed by atoms with E-state index in [-0.39, 0.29) is 15.9 Å².